The van der Waals surface area contributed by atoms with Crippen LogP contribution in [0.15, 0.2) is 78.4 Å². The molecule has 0 saturated carbocycles. The maximum absolute atomic E-state index is 12.8. The second-order valence-corrected chi connectivity index (χ2v) is 7.68. The lowest BCUT2D eigenvalue weighted by Gasteiger charge is -2.10. The fraction of sp³-hybridized carbons (Fsp3) is 0.111. The summed E-state index contributed by atoms with van der Waals surface area (Å²) in [5.41, 5.74) is 5.85. The zero-order chi connectivity index (χ0) is 22.0. The van der Waals surface area contributed by atoms with E-state index in [1.165, 1.54) is 5.56 Å². The molecule has 31 heavy (non-hydrogen) atoms. The Labute approximate surface area is 182 Å². The summed E-state index contributed by atoms with van der Waals surface area (Å²) in [5.74, 6) is -0.419. The normalized spacial score (nSPS) is 11.4. The topological polar surface area (TPSA) is 57.8 Å². The van der Waals surface area contributed by atoms with E-state index in [0.717, 1.165) is 33.4 Å². The molecule has 1 amide bonds. The van der Waals surface area contributed by atoms with Gasteiger partial charge in [-0.1, -0.05) is 48.0 Å². The van der Waals surface area contributed by atoms with E-state index in [4.69, 9.17) is 0 Å². The number of hydrogen-bond donors (Lipinski definition) is 1. The minimum Gasteiger partial charge on any atom is -0.321 e. The van der Waals surface area contributed by atoms with Crippen molar-refractivity contribution in [3.8, 4) is 11.8 Å². The number of carbonyl (C=O) groups is 1. The summed E-state index contributed by atoms with van der Waals surface area (Å²) < 4.78 is 2.13. The van der Waals surface area contributed by atoms with Crippen molar-refractivity contribution in [3.63, 3.8) is 0 Å². The van der Waals surface area contributed by atoms with Crippen LogP contribution < -0.4 is 5.32 Å². The van der Waals surface area contributed by atoms with Crippen LogP contribution in [0.1, 0.15) is 22.5 Å². The first-order chi connectivity index (χ1) is 15.0. The molecule has 0 saturated heterocycles. The molecule has 0 unspecified atom stereocenters. The third-order valence-corrected chi connectivity index (χ3v) is 5.43. The SMILES string of the molecule is Cc1ccc(-n2c(C)cc(/C=C(\C#N)C(=O)Nc3ccc4ccccc4c3)c2C)cc1. The Hall–Kier alpha value is -4.10. The molecule has 0 fully saturated rings. The van der Waals surface area contributed by atoms with Gasteiger partial charge in [-0.15, -0.1) is 0 Å². The van der Waals surface area contributed by atoms with E-state index in [0.29, 0.717) is 5.69 Å². The van der Waals surface area contributed by atoms with Gasteiger partial charge in [-0.05, 0) is 73.5 Å². The summed E-state index contributed by atoms with van der Waals surface area (Å²) in [6.45, 7) is 6.07. The number of nitrogens with one attached hydrogen (secondary N) is 1. The van der Waals surface area contributed by atoms with Crippen molar-refractivity contribution in [2.75, 3.05) is 5.32 Å². The number of nitrogens with zero attached hydrogens (tertiary/aromatic N) is 2. The zero-order valence-corrected chi connectivity index (χ0v) is 17.8. The molecular formula is C27H23N3O. The van der Waals surface area contributed by atoms with E-state index in [1.54, 1.807) is 6.08 Å². The summed E-state index contributed by atoms with van der Waals surface area (Å²) in [4.78, 5) is 12.8. The highest BCUT2D eigenvalue weighted by Crippen LogP contribution is 2.24. The maximum Gasteiger partial charge on any atom is 0.266 e. The number of anilines is 1. The molecule has 0 aliphatic rings. The fourth-order valence-electron chi connectivity index (χ4n) is 3.79. The van der Waals surface area contributed by atoms with Crippen molar-refractivity contribution >= 4 is 28.4 Å². The summed E-state index contributed by atoms with van der Waals surface area (Å²) in [6.07, 6.45) is 1.66. The van der Waals surface area contributed by atoms with Crippen LogP contribution in [0.4, 0.5) is 5.69 Å². The number of carbonyl (C=O) groups excluding carboxylic acids is 1. The lowest BCUT2D eigenvalue weighted by molar-refractivity contribution is -0.112. The molecule has 4 rings (SSSR count). The Bertz CT molecular complexity index is 1350. The number of aromatic nitrogens is 1. The van der Waals surface area contributed by atoms with E-state index in [9.17, 15) is 10.1 Å². The second-order valence-electron chi connectivity index (χ2n) is 7.68. The van der Waals surface area contributed by atoms with Gasteiger partial charge < -0.3 is 9.88 Å². The molecule has 0 aliphatic heterocycles. The molecule has 4 nitrogen and oxygen atoms in total. The van der Waals surface area contributed by atoms with Crippen molar-refractivity contribution < 1.29 is 4.79 Å². The summed E-state index contributed by atoms with van der Waals surface area (Å²) in [7, 11) is 0. The first kappa shape index (κ1) is 20.2. The van der Waals surface area contributed by atoms with Crippen molar-refractivity contribution in [1.29, 1.82) is 5.26 Å². The second kappa shape index (κ2) is 8.33. The third-order valence-electron chi connectivity index (χ3n) is 5.43. The van der Waals surface area contributed by atoms with Crippen LogP contribution in [-0.2, 0) is 4.79 Å². The van der Waals surface area contributed by atoms with Crippen LogP contribution in [0.3, 0.4) is 0 Å². The number of fused-ring (bicyclic) bond motifs is 1. The van der Waals surface area contributed by atoms with Gasteiger partial charge in [-0.25, -0.2) is 0 Å². The number of rotatable bonds is 4. The fourth-order valence-corrected chi connectivity index (χ4v) is 3.79. The van der Waals surface area contributed by atoms with E-state index in [2.05, 4.69) is 47.1 Å². The number of hydrogen-bond acceptors (Lipinski definition) is 2. The van der Waals surface area contributed by atoms with Crippen molar-refractivity contribution in [2.45, 2.75) is 20.8 Å². The molecule has 4 heteroatoms. The van der Waals surface area contributed by atoms with Crippen LogP contribution >= 0.6 is 0 Å². The van der Waals surface area contributed by atoms with Gasteiger partial charge in [0, 0.05) is 22.8 Å². The molecule has 0 radical (unpaired) electrons. The summed E-state index contributed by atoms with van der Waals surface area (Å²) >= 11 is 0. The molecule has 4 aromatic rings. The molecule has 1 N–H and O–H groups in total. The van der Waals surface area contributed by atoms with E-state index >= 15 is 0 Å². The lowest BCUT2D eigenvalue weighted by Crippen LogP contribution is -2.13. The summed E-state index contributed by atoms with van der Waals surface area (Å²) in [5, 5.41) is 14.6. The number of nitriles is 1. The molecular weight excluding hydrogens is 382 g/mol. The Morgan fingerprint density at radius 3 is 2.35 bits per heavy atom. The first-order valence-corrected chi connectivity index (χ1v) is 10.1. The molecule has 152 valence electrons. The van der Waals surface area contributed by atoms with Gasteiger partial charge in [0.05, 0.1) is 0 Å². The lowest BCUT2D eigenvalue weighted by atomic mass is 10.1. The highest BCUT2D eigenvalue weighted by atomic mass is 16.1. The first-order valence-electron chi connectivity index (χ1n) is 10.1. The van der Waals surface area contributed by atoms with Gasteiger partial charge >= 0.3 is 0 Å². The smallest absolute Gasteiger partial charge is 0.266 e. The number of aryl methyl sites for hydroxylation is 2. The van der Waals surface area contributed by atoms with Crippen LogP contribution in [0.5, 0.6) is 0 Å². The van der Waals surface area contributed by atoms with Crippen molar-refractivity contribution in [2.24, 2.45) is 0 Å². The average molecular weight is 406 g/mol. The largest absolute Gasteiger partial charge is 0.321 e. The molecule has 0 bridgehead atoms. The number of amides is 1. The third kappa shape index (κ3) is 4.12. The van der Waals surface area contributed by atoms with Gasteiger partial charge in [0.25, 0.3) is 5.91 Å². The summed E-state index contributed by atoms with van der Waals surface area (Å²) in [6, 6.07) is 26.0. The van der Waals surface area contributed by atoms with Crippen molar-refractivity contribution in [3.05, 3.63) is 101 Å². The minimum atomic E-state index is -0.419. The molecule has 0 spiro atoms. The van der Waals surface area contributed by atoms with Crippen LogP contribution in [-0.4, -0.2) is 10.5 Å². The van der Waals surface area contributed by atoms with Gasteiger partial charge in [-0.3, -0.25) is 4.79 Å². The molecule has 3 aromatic carbocycles. The minimum absolute atomic E-state index is 0.0670. The molecule has 1 aromatic heterocycles. The predicted octanol–water partition coefficient (Wildman–Crippen LogP) is 6.10. The van der Waals surface area contributed by atoms with E-state index in [-0.39, 0.29) is 5.57 Å². The maximum atomic E-state index is 12.8. The standard InChI is InChI=1S/C27H23N3O/c1-18-8-12-26(13-9-18)30-19(2)14-23(20(30)3)15-24(17-28)27(31)29-25-11-10-21-6-4-5-7-22(21)16-25/h4-16H,1-3H3,(H,29,31)/b24-15+. The monoisotopic (exact) mass is 405 g/mol. The Balaban J connectivity index is 1.63. The predicted molar refractivity (Wildman–Crippen MR) is 126 cm³/mol. The molecule has 1 heterocycles. The van der Waals surface area contributed by atoms with Gasteiger partial charge in [0.1, 0.15) is 11.6 Å². The van der Waals surface area contributed by atoms with E-state index < -0.39 is 5.91 Å². The highest BCUT2D eigenvalue weighted by molar-refractivity contribution is 6.10. The molecule has 0 atom stereocenters. The van der Waals surface area contributed by atoms with Crippen LogP contribution in [0, 0.1) is 32.1 Å². The van der Waals surface area contributed by atoms with Crippen LogP contribution in [0.25, 0.3) is 22.5 Å². The average Bonchev–Trinajstić information content (AvgIpc) is 3.05. The van der Waals surface area contributed by atoms with Crippen molar-refractivity contribution in [1.82, 2.24) is 4.57 Å². The van der Waals surface area contributed by atoms with Gasteiger partial charge in [0.15, 0.2) is 0 Å². The highest BCUT2D eigenvalue weighted by Gasteiger charge is 2.14. The molecule has 0 aliphatic carbocycles. The van der Waals surface area contributed by atoms with E-state index in [1.807, 2.05) is 62.4 Å². The Kier molecular flexibility index (Phi) is 5.43. The quantitative estimate of drug-likeness (QED) is 0.329. The van der Waals surface area contributed by atoms with Gasteiger partial charge in [-0.2, -0.15) is 5.26 Å². The van der Waals surface area contributed by atoms with Gasteiger partial charge in [0.2, 0.25) is 0 Å². The Morgan fingerprint density at radius 2 is 1.65 bits per heavy atom. The number of benzene rings is 3. The van der Waals surface area contributed by atoms with Crippen LogP contribution in [0.2, 0.25) is 0 Å². The Morgan fingerprint density at radius 1 is 0.935 bits per heavy atom. The zero-order valence-electron chi connectivity index (χ0n) is 17.8.